The van der Waals surface area contributed by atoms with Crippen LogP contribution in [0.2, 0.25) is 0 Å². The van der Waals surface area contributed by atoms with E-state index in [0.29, 0.717) is 11.8 Å². The SMILES string of the molecule is CC(C)(C)C(C(=O)O)[C@@]1(C[N+](=O)[O-])[C@@H]2C[C@@H]3CC[C@H]1[C@H]2C3. The van der Waals surface area contributed by atoms with Gasteiger partial charge in [0.05, 0.1) is 11.3 Å². The first-order valence-electron chi connectivity index (χ1n) is 8.02. The van der Waals surface area contributed by atoms with Crippen molar-refractivity contribution in [1.82, 2.24) is 0 Å². The van der Waals surface area contributed by atoms with Gasteiger partial charge in [0.1, 0.15) is 0 Å². The van der Waals surface area contributed by atoms with Crippen molar-refractivity contribution in [3.8, 4) is 0 Å². The van der Waals surface area contributed by atoms with Crippen molar-refractivity contribution < 1.29 is 14.8 Å². The molecule has 3 saturated carbocycles. The maximum absolute atomic E-state index is 12.0. The zero-order chi connectivity index (χ0) is 15.6. The molecular formula is C16H25NO4. The van der Waals surface area contributed by atoms with Gasteiger partial charge in [-0.1, -0.05) is 27.2 Å². The Morgan fingerprint density at radius 1 is 1.33 bits per heavy atom. The summed E-state index contributed by atoms with van der Waals surface area (Å²) in [5, 5.41) is 21.2. The van der Waals surface area contributed by atoms with Crippen LogP contribution in [0.5, 0.6) is 0 Å². The number of carbonyl (C=O) groups is 1. The number of hydrogen-bond acceptors (Lipinski definition) is 3. The van der Waals surface area contributed by atoms with Crippen molar-refractivity contribution in [1.29, 1.82) is 0 Å². The van der Waals surface area contributed by atoms with Gasteiger partial charge >= 0.3 is 5.97 Å². The molecule has 3 fully saturated rings. The van der Waals surface area contributed by atoms with E-state index in [1.165, 1.54) is 6.42 Å². The smallest absolute Gasteiger partial charge is 0.307 e. The highest BCUT2D eigenvalue weighted by Gasteiger charge is 2.73. The third-order valence-electron chi connectivity index (χ3n) is 6.55. The number of carboxylic acids is 1. The summed E-state index contributed by atoms with van der Waals surface area (Å²) in [7, 11) is 0. The van der Waals surface area contributed by atoms with E-state index in [4.69, 9.17) is 0 Å². The minimum Gasteiger partial charge on any atom is -0.481 e. The van der Waals surface area contributed by atoms with Crippen molar-refractivity contribution in [2.45, 2.75) is 46.5 Å². The minimum absolute atomic E-state index is 0.167. The summed E-state index contributed by atoms with van der Waals surface area (Å²) in [4.78, 5) is 23.1. The van der Waals surface area contributed by atoms with Gasteiger partial charge in [0, 0.05) is 4.92 Å². The molecule has 5 nitrogen and oxygen atoms in total. The molecule has 0 spiro atoms. The third kappa shape index (κ3) is 1.92. The Labute approximate surface area is 125 Å². The predicted octanol–water partition coefficient (Wildman–Crippen LogP) is 3.06. The summed E-state index contributed by atoms with van der Waals surface area (Å²) < 4.78 is 0. The Morgan fingerprint density at radius 2 is 2.00 bits per heavy atom. The van der Waals surface area contributed by atoms with Crippen LogP contribution in [0.25, 0.3) is 0 Å². The lowest BCUT2D eigenvalue weighted by Gasteiger charge is -2.62. The molecule has 0 heterocycles. The number of hydrogen-bond donors (Lipinski definition) is 1. The minimum atomic E-state index is -0.849. The number of carboxylic acid groups (broad SMARTS) is 1. The molecule has 1 N–H and O–H groups in total. The molecule has 5 heteroatoms. The Morgan fingerprint density at radius 3 is 2.52 bits per heavy atom. The molecule has 0 saturated heterocycles. The lowest BCUT2D eigenvalue weighted by atomic mass is 9.40. The molecule has 0 amide bonds. The lowest BCUT2D eigenvalue weighted by molar-refractivity contribution is -0.516. The molecule has 0 radical (unpaired) electrons. The van der Waals surface area contributed by atoms with E-state index in [0.717, 1.165) is 19.3 Å². The second-order valence-corrected chi connectivity index (χ2v) is 8.53. The first-order valence-corrected chi connectivity index (χ1v) is 8.02. The fourth-order valence-corrected chi connectivity index (χ4v) is 6.31. The van der Waals surface area contributed by atoms with E-state index in [-0.39, 0.29) is 23.3 Å². The summed E-state index contributed by atoms with van der Waals surface area (Å²) in [6.07, 6.45) is 4.30. The summed E-state index contributed by atoms with van der Waals surface area (Å²) in [5.74, 6) is 0.247. The fourth-order valence-electron chi connectivity index (χ4n) is 6.31. The van der Waals surface area contributed by atoms with Crippen molar-refractivity contribution in [2.75, 3.05) is 6.54 Å². The van der Waals surface area contributed by atoms with Crippen LogP contribution in [0.15, 0.2) is 0 Å². The Hall–Kier alpha value is -1.13. The van der Waals surface area contributed by atoms with E-state index >= 15 is 0 Å². The first-order chi connectivity index (χ1) is 9.68. The summed E-state index contributed by atoms with van der Waals surface area (Å²) >= 11 is 0. The van der Waals surface area contributed by atoms with E-state index in [1.54, 1.807) is 0 Å². The summed E-state index contributed by atoms with van der Waals surface area (Å²) in [6.45, 7) is 5.59. The number of nitrogens with zero attached hydrogens (tertiary/aromatic N) is 1. The number of aliphatic carboxylic acids is 1. The zero-order valence-corrected chi connectivity index (χ0v) is 13.0. The molecule has 2 bridgehead atoms. The van der Waals surface area contributed by atoms with Crippen LogP contribution in [0.3, 0.4) is 0 Å². The second kappa shape index (κ2) is 4.43. The van der Waals surface area contributed by atoms with Crippen LogP contribution in [-0.4, -0.2) is 22.5 Å². The molecule has 3 aliphatic rings. The highest BCUT2D eigenvalue weighted by molar-refractivity contribution is 5.72. The van der Waals surface area contributed by atoms with Gasteiger partial charge in [0.25, 0.3) is 0 Å². The molecule has 0 aliphatic heterocycles. The van der Waals surface area contributed by atoms with Gasteiger partial charge in [-0.3, -0.25) is 14.9 Å². The molecule has 0 aromatic rings. The van der Waals surface area contributed by atoms with Gasteiger partial charge in [-0.05, 0) is 48.3 Å². The molecular weight excluding hydrogens is 270 g/mol. The first kappa shape index (κ1) is 14.8. The van der Waals surface area contributed by atoms with Crippen molar-refractivity contribution in [2.24, 2.45) is 40.4 Å². The van der Waals surface area contributed by atoms with Crippen LogP contribution in [-0.2, 0) is 4.79 Å². The third-order valence-corrected chi connectivity index (χ3v) is 6.55. The van der Waals surface area contributed by atoms with Gasteiger partial charge in [-0.15, -0.1) is 0 Å². The molecule has 21 heavy (non-hydrogen) atoms. The van der Waals surface area contributed by atoms with E-state index < -0.39 is 22.7 Å². The second-order valence-electron chi connectivity index (χ2n) is 8.53. The van der Waals surface area contributed by atoms with Crippen molar-refractivity contribution in [3.05, 3.63) is 10.1 Å². The molecule has 3 rings (SSSR count). The monoisotopic (exact) mass is 295 g/mol. The Kier molecular flexibility index (Phi) is 3.12. The average Bonchev–Trinajstić information content (AvgIpc) is 2.49. The summed E-state index contributed by atoms with van der Waals surface area (Å²) in [5.41, 5.74) is -1.07. The molecule has 0 aromatic carbocycles. The fraction of sp³-hybridized carbons (Fsp3) is 0.938. The van der Waals surface area contributed by atoms with Gasteiger partial charge in [0.15, 0.2) is 0 Å². The lowest BCUT2D eigenvalue weighted by Crippen LogP contribution is -2.65. The van der Waals surface area contributed by atoms with Gasteiger partial charge < -0.3 is 5.11 Å². The van der Waals surface area contributed by atoms with Gasteiger partial charge in [-0.2, -0.15) is 0 Å². The van der Waals surface area contributed by atoms with E-state index in [2.05, 4.69) is 0 Å². The van der Waals surface area contributed by atoms with Gasteiger partial charge in [-0.25, -0.2) is 0 Å². The van der Waals surface area contributed by atoms with Gasteiger partial charge in [0.2, 0.25) is 6.54 Å². The molecule has 118 valence electrons. The normalized spacial score (nSPS) is 42.2. The molecule has 6 atom stereocenters. The maximum Gasteiger partial charge on any atom is 0.307 e. The predicted molar refractivity (Wildman–Crippen MR) is 77.3 cm³/mol. The van der Waals surface area contributed by atoms with Crippen molar-refractivity contribution >= 4 is 5.97 Å². The molecule has 3 aliphatic carbocycles. The number of fused-ring (bicyclic) bond motifs is 1. The van der Waals surface area contributed by atoms with E-state index in [9.17, 15) is 20.0 Å². The maximum atomic E-state index is 12.0. The Balaban J connectivity index is 2.06. The topological polar surface area (TPSA) is 80.4 Å². The average molecular weight is 295 g/mol. The Bertz CT molecular complexity index is 475. The number of rotatable bonds is 4. The highest BCUT2D eigenvalue weighted by Crippen LogP contribution is 2.73. The molecule has 0 aromatic heterocycles. The van der Waals surface area contributed by atoms with E-state index in [1.807, 2.05) is 20.8 Å². The zero-order valence-electron chi connectivity index (χ0n) is 13.0. The highest BCUT2D eigenvalue weighted by atomic mass is 16.6. The quantitative estimate of drug-likeness (QED) is 0.638. The summed E-state index contributed by atoms with van der Waals surface area (Å²) in [6, 6.07) is 0. The van der Waals surface area contributed by atoms with Crippen LogP contribution in [0, 0.1) is 50.5 Å². The van der Waals surface area contributed by atoms with Crippen LogP contribution >= 0.6 is 0 Å². The number of nitro groups is 1. The molecule has 1 unspecified atom stereocenters. The largest absolute Gasteiger partial charge is 0.481 e. The standard InChI is InChI=1S/C16H25NO4/c1-15(2,3)13(14(18)19)16(8-17(20)21)11-5-4-9-6-10(11)12(16)7-9/h9-13H,4-8H2,1-3H3,(H,18,19)/t9-,10-,11+,12-,13?,16-/m1/s1. The van der Waals surface area contributed by atoms with Crippen molar-refractivity contribution in [3.63, 3.8) is 0 Å². The van der Waals surface area contributed by atoms with Crippen LogP contribution in [0.1, 0.15) is 46.5 Å². The van der Waals surface area contributed by atoms with Crippen LogP contribution < -0.4 is 0 Å². The van der Waals surface area contributed by atoms with Crippen LogP contribution in [0.4, 0.5) is 0 Å².